The number of aliphatic imine (C=N–C) groups is 1. The van der Waals surface area contributed by atoms with Crippen LogP contribution in [0.3, 0.4) is 0 Å². The van der Waals surface area contributed by atoms with E-state index in [1.807, 2.05) is 26.2 Å². The van der Waals surface area contributed by atoms with Gasteiger partial charge in [0.1, 0.15) is 0 Å². The van der Waals surface area contributed by atoms with Gasteiger partial charge in [0.25, 0.3) is 0 Å². The zero-order valence-corrected chi connectivity index (χ0v) is 9.27. The van der Waals surface area contributed by atoms with Crippen molar-refractivity contribution in [2.45, 2.75) is 13.1 Å². The molecule has 0 bridgehead atoms. The predicted molar refractivity (Wildman–Crippen MR) is 63.3 cm³/mol. The third kappa shape index (κ3) is 4.46. The van der Waals surface area contributed by atoms with Gasteiger partial charge < -0.3 is 16.4 Å². The van der Waals surface area contributed by atoms with Crippen LogP contribution in [-0.4, -0.2) is 25.0 Å². The molecule has 0 aliphatic rings. The van der Waals surface area contributed by atoms with Gasteiger partial charge in [0.15, 0.2) is 5.96 Å². The quantitative estimate of drug-likeness (QED) is 0.557. The van der Waals surface area contributed by atoms with Gasteiger partial charge in [-0.25, -0.2) is 4.99 Å². The molecule has 0 heterocycles. The van der Waals surface area contributed by atoms with E-state index >= 15 is 0 Å². The van der Waals surface area contributed by atoms with Gasteiger partial charge in [-0.3, -0.25) is 0 Å². The topological polar surface area (TPSA) is 67.6 Å². The summed E-state index contributed by atoms with van der Waals surface area (Å²) in [6, 6.07) is 8.26. The van der Waals surface area contributed by atoms with Crippen molar-refractivity contribution in [3.63, 3.8) is 0 Å². The summed E-state index contributed by atoms with van der Waals surface area (Å²) in [6.45, 7) is 1.47. The molecule has 0 aliphatic heterocycles. The van der Waals surface area contributed by atoms with E-state index in [1.165, 1.54) is 5.56 Å². The average molecular weight is 206 g/mol. The van der Waals surface area contributed by atoms with Crippen molar-refractivity contribution in [3.8, 4) is 0 Å². The number of nitrogens with zero attached hydrogens (tertiary/aromatic N) is 2. The first kappa shape index (κ1) is 11.5. The lowest BCUT2D eigenvalue weighted by Gasteiger charge is -2.10. The fraction of sp³-hybridized carbons (Fsp3) is 0.364. The minimum atomic E-state index is 0.132. The molecule has 82 valence electrons. The van der Waals surface area contributed by atoms with Crippen molar-refractivity contribution in [2.75, 3.05) is 14.1 Å². The summed E-state index contributed by atoms with van der Waals surface area (Å²) in [7, 11) is 4.09. The Labute approximate surface area is 90.6 Å². The van der Waals surface area contributed by atoms with Gasteiger partial charge >= 0.3 is 0 Å². The van der Waals surface area contributed by atoms with Crippen molar-refractivity contribution in [1.29, 1.82) is 0 Å². The van der Waals surface area contributed by atoms with Crippen LogP contribution in [0.15, 0.2) is 29.3 Å². The minimum Gasteiger partial charge on any atom is -0.370 e. The Hall–Kier alpha value is -1.55. The lowest BCUT2D eigenvalue weighted by molar-refractivity contribution is 0.402. The van der Waals surface area contributed by atoms with Gasteiger partial charge in [-0.15, -0.1) is 0 Å². The van der Waals surface area contributed by atoms with Gasteiger partial charge in [0, 0.05) is 6.54 Å². The first-order chi connectivity index (χ1) is 7.08. The zero-order valence-electron chi connectivity index (χ0n) is 9.27. The SMILES string of the molecule is CN(C)Cc1cccc(CN=C(N)N)c1. The molecule has 1 aromatic rings. The van der Waals surface area contributed by atoms with Crippen molar-refractivity contribution >= 4 is 5.96 Å². The highest BCUT2D eigenvalue weighted by atomic mass is 15.0. The van der Waals surface area contributed by atoms with E-state index in [9.17, 15) is 0 Å². The summed E-state index contributed by atoms with van der Waals surface area (Å²) < 4.78 is 0. The number of benzene rings is 1. The Morgan fingerprint density at radius 2 is 1.93 bits per heavy atom. The van der Waals surface area contributed by atoms with Crippen molar-refractivity contribution < 1.29 is 0 Å². The van der Waals surface area contributed by atoms with Crippen LogP contribution in [-0.2, 0) is 13.1 Å². The van der Waals surface area contributed by atoms with Crippen LogP contribution in [0.1, 0.15) is 11.1 Å². The maximum Gasteiger partial charge on any atom is 0.186 e. The van der Waals surface area contributed by atoms with E-state index < -0.39 is 0 Å². The fourth-order valence-electron chi connectivity index (χ4n) is 1.37. The molecule has 0 aromatic heterocycles. The number of guanidine groups is 1. The molecular weight excluding hydrogens is 188 g/mol. The molecule has 1 aromatic carbocycles. The summed E-state index contributed by atoms with van der Waals surface area (Å²) in [5.41, 5.74) is 13.0. The van der Waals surface area contributed by atoms with Crippen LogP contribution in [0, 0.1) is 0 Å². The Kier molecular flexibility index (Phi) is 4.12. The Morgan fingerprint density at radius 1 is 1.27 bits per heavy atom. The maximum atomic E-state index is 5.28. The van der Waals surface area contributed by atoms with Crippen LogP contribution in [0.2, 0.25) is 0 Å². The summed E-state index contributed by atoms with van der Waals surface area (Å²) in [4.78, 5) is 6.10. The standard InChI is InChI=1S/C11H18N4/c1-15(2)8-10-5-3-4-9(6-10)7-14-11(12)13/h3-6H,7-8H2,1-2H3,(H4,12,13,14). The fourth-order valence-corrected chi connectivity index (χ4v) is 1.37. The number of hydrogen-bond donors (Lipinski definition) is 2. The molecule has 0 unspecified atom stereocenters. The lowest BCUT2D eigenvalue weighted by atomic mass is 10.1. The second kappa shape index (κ2) is 5.36. The number of nitrogens with two attached hydrogens (primary N) is 2. The van der Waals surface area contributed by atoms with Gasteiger partial charge in [-0.1, -0.05) is 24.3 Å². The molecule has 4 heteroatoms. The number of rotatable bonds is 4. The van der Waals surface area contributed by atoms with Crippen molar-refractivity contribution in [1.82, 2.24) is 4.90 Å². The average Bonchev–Trinajstić information content (AvgIpc) is 2.14. The van der Waals surface area contributed by atoms with Crippen LogP contribution in [0.25, 0.3) is 0 Å². The van der Waals surface area contributed by atoms with Crippen LogP contribution >= 0.6 is 0 Å². The molecule has 4 N–H and O–H groups in total. The second-order valence-corrected chi connectivity index (χ2v) is 3.80. The van der Waals surface area contributed by atoms with Gasteiger partial charge in [0.05, 0.1) is 6.54 Å². The highest BCUT2D eigenvalue weighted by Crippen LogP contribution is 2.07. The molecule has 0 amide bonds. The Morgan fingerprint density at radius 3 is 2.53 bits per heavy atom. The normalized spacial score (nSPS) is 10.3. The molecule has 0 saturated carbocycles. The smallest absolute Gasteiger partial charge is 0.186 e. The molecular formula is C11H18N4. The molecule has 1 rings (SSSR count). The molecule has 0 atom stereocenters. The van der Waals surface area contributed by atoms with E-state index in [2.05, 4.69) is 22.0 Å². The van der Waals surface area contributed by atoms with Gasteiger partial charge in [-0.05, 0) is 25.2 Å². The molecule has 0 saturated heterocycles. The summed E-state index contributed by atoms with van der Waals surface area (Å²) in [6.07, 6.45) is 0. The minimum absolute atomic E-state index is 0.132. The Bertz CT molecular complexity index is 340. The molecule has 0 fully saturated rings. The second-order valence-electron chi connectivity index (χ2n) is 3.80. The van der Waals surface area contributed by atoms with E-state index in [4.69, 9.17) is 11.5 Å². The molecule has 4 nitrogen and oxygen atoms in total. The summed E-state index contributed by atoms with van der Waals surface area (Å²) >= 11 is 0. The van der Waals surface area contributed by atoms with Crippen LogP contribution in [0.4, 0.5) is 0 Å². The van der Waals surface area contributed by atoms with E-state index in [0.717, 1.165) is 12.1 Å². The zero-order chi connectivity index (χ0) is 11.3. The highest BCUT2D eigenvalue weighted by Gasteiger charge is 1.97. The van der Waals surface area contributed by atoms with E-state index in [0.29, 0.717) is 6.54 Å². The molecule has 0 spiro atoms. The van der Waals surface area contributed by atoms with E-state index in [-0.39, 0.29) is 5.96 Å². The maximum absolute atomic E-state index is 5.28. The first-order valence-corrected chi connectivity index (χ1v) is 4.86. The van der Waals surface area contributed by atoms with Crippen molar-refractivity contribution in [3.05, 3.63) is 35.4 Å². The third-order valence-electron chi connectivity index (χ3n) is 1.93. The largest absolute Gasteiger partial charge is 0.370 e. The first-order valence-electron chi connectivity index (χ1n) is 4.86. The van der Waals surface area contributed by atoms with Gasteiger partial charge in [0.2, 0.25) is 0 Å². The summed E-state index contributed by atoms with van der Waals surface area (Å²) in [5, 5.41) is 0. The monoisotopic (exact) mass is 206 g/mol. The van der Waals surface area contributed by atoms with Crippen molar-refractivity contribution in [2.24, 2.45) is 16.5 Å². The lowest BCUT2D eigenvalue weighted by Crippen LogP contribution is -2.22. The van der Waals surface area contributed by atoms with Crippen LogP contribution in [0.5, 0.6) is 0 Å². The van der Waals surface area contributed by atoms with E-state index in [1.54, 1.807) is 0 Å². The van der Waals surface area contributed by atoms with Gasteiger partial charge in [-0.2, -0.15) is 0 Å². The summed E-state index contributed by atoms with van der Waals surface area (Å²) in [5.74, 6) is 0.132. The third-order valence-corrected chi connectivity index (χ3v) is 1.93. The molecule has 0 aliphatic carbocycles. The van der Waals surface area contributed by atoms with Crippen LogP contribution < -0.4 is 11.5 Å². The molecule has 0 radical (unpaired) electrons. The number of hydrogen-bond acceptors (Lipinski definition) is 2. The highest BCUT2D eigenvalue weighted by molar-refractivity contribution is 5.75. The predicted octanol–water partition coefficient (Wildman–Crippen LogP) is 0.522. The Balaban J connectivity index is 2.70. The molecule has 15 heavy (non-hydrogen) atoms.